The molecule has 0 amide bonds. The van der Waals surface area contributed by atoms with Crippen molar-refractivity contribution in [2.75, 3.05) is 73.4 Å². The van der Waals surface area contributed by atoms with Gasteiger partial charge in [-0.25, -0.2) is 0 Å². The Bertz CT molecular complexity index is 589. The molecule has 7 nitrogen and oxygen atoms in total. The van der Waals surface area contributed by atoms with Gasteiger partial charge >= 0.3 is 0 Å². The molecule has 1 aliphatic rings. The van der Waals surface area contributed by atoms with Gasteiger partial charge in [0.05, 0.1) is 32.5 Å². The normalized spacial score (nSPS) is 16.2. The van der Waals surface area contributed by atoms with Crippen LogP contribution in [0.15, 0.2) is 29.3 Å². The summed E-state index contributed by atoms with van der Waals surface area (Å²) in [6.45, 7) is 6.82. The van der Waals surface area contributed by atoms with E-state index in [2.05, 4.69) is 26.6 Å². The van der Waals surface area contributed by atoms with Crippen LogP contribution in [0.2, 0.25) is 5.02 Å². The van der Waals surface area contributed by atoms with E-state index in [1.165, 1.54) is 5.56 Å². The SMILES string of the molecule is CN=C(NCCCOCCOC)NCC(c1cccc(Cl)c1)N1CCOCC1.I. The first-order chi connectivity index (χ1) is 13.7. The Kier molecular flexibility index (Phi) is 14.6. The molecule has 1 saturated heterocycles. The summed E-state index contributed by atoms with van der Waals surface area (Å²) in [5.41, 5.74) is 1.20. The number of benzene rings is 1. The summed E-state index contributed by atoms with van der Waals surface area (Å²) in [5, 5.41) is 7.54. The summed E-state index contributed by atoms with van der Waals surface area (Å²) in [4.78, 5) is 6.76. The molecule has 1 unspecified atom stereocenters. The number of hydrogen-bond acceptors (Lipinski definition) is 5. The minimum atomic E-state index is 0. The van der Waals surface area contributed by atoms with Crippen LogP contribution in [0.3, 0.4) is 0 Å². The lowest BCUT2D eigenvalue weighted by atomic mass is 10.0. The van der Waals surface area contributed by atoms with Gasteiger partial charge in [0, 0.05) is 52.0 Å². The minimum Gasteiger partial charge on any atom is -0.382 e. The van der Waals surface area contributed by atoms with Crippen molar-refractivity contribution in [3.8, 4) is 0 Å². The van der Waals surface area contributed by atoms with Gasteiger partial charge in [0.15, 0.2) is 5.96 Å². The van der Waals surface area contributed by atoms with Crippen LogP contribution in [-0.4, -0.2) is 84.2 Å². The average molecular weight is 541 g/mol. The maximum atomic E-state index is 6.23. The van der Waals surface area contributed by atoms with Gasteiger partial charge in [-0.3, -0.25) is 9.89 Å². The third kappa shape index (κ3) is 10.3. The third-order valence-electron chi connectivity index (χ3n) is 4.60. The fourth-order valence-electron chi connectivity index (χ4n) is 3.10. The van der Waals surface area contributed by atoms with E-state index in [-0.39, 0.29) is 30.0 Å². The van der Waals surface area contributed by atoms with Crippen molar-refractivity contribution in [1.29, 1.82) is 0 Å². The van der Waals surface area contributed by atoms with Crippen molar-refractivity contribution in [2.45, 2.75) is 12.5 Å². The number of nitrogens with zero attached hydrogens (tertiary/aromatic N) is 2. The highest BCUT2D eigenvalue weighted by molar-refractivity contribution is 14.0. The second-order valence-corrected chi connectivity index (χ2v) is 6.99. The van der Waals surface area contributed by atoms with Crippen molar-refractivity contribution in [1.82, 2.24) is 15.5 Å². The van der Waals surface area contributed by atoms with E-state index in [4.69, 9.17) is 25.8 Å². The van der Waals surface area contributed by atoms with Gasteiger partial charge in [-0.15, -0.1) is 24.0 Å². The smallest absolute Gasteiger partial charge is 0.191 e. The number of rotatable bonds is 11. The van der Waals surface area contributed by atoms with E-state index in [0.717, 1.165) is 56.8 Å². The number of morpholine rings is 1. The molecule has 0 spiro atoms. The molecule has 1 aromatic carbocycles. The van der Waals surface area contributed by atoms with Crippen LogP contribution in [0.25, 0.3) is 0 Å². The third-order valence-corrected chi connectivity index (χ3v) is 4.83. The highest BCUT2D eigenvalue weighted by atomic mass is 127. The first kappa shape index (κ1) is 26.4. The maximum absolute atomic E-state index is 6.23. The zero-order chi connectivity index (χ0) is 20.0. The lowest BCUT2D eigenvalue weighted by molar-refractivity contribution is 0.0170. The van der Waals surface area contributed by atoms with Gasteiger partial charge in [-0.1, -0.05) is 23.7 Å². The summed E-state index contributed by atoms with van der Waals surface area (Å²) in [6, 6.07) is 8.28. The quantitative estimate of drug-likeness (QED) is 0.195. The predicted octanol–water partition coefficient (Wildman–Crippen LogP) is 2.55. The molecule has 2 rings (SSSR count). The van der Waals surface area contributed by atoms with E-state index in [9.17, 15) is 0 Å². The molecule has 0 aromatic heterocycles. The van der Waals surface area contributed by atoms with Crippen LogP contribution in [0.5, 0.6) is 0 Å². The van der Waals surface area contributed by atoms with Crippen LogP contribution >= 0.6 is 35.6 Å². The summed E-state index contributed by atoms with van der Waals surface area (Å²) in [6.07, 6.45) is 0.908. The molecular formula is C20H34ClIN4O3. The Labute approximate surface area is 196 Å². The monoisotopic (exact) mass is 540 g/mol. The van der Waals surface area contributed by atoms with Gasteiger partial charge in [-0.2, -0.15) is 0 Å². The Morgan fingerprint density at radius 1 is 1.24 bits per heavy atom. The molecule has 166 valence electrons. The maximum Gasteiger partial charge on any atom is 0.191 e. The highest BCUT2D eigenvalue weighted by Crippen LogP contribution is 2.23. The van der Waals surface area contributed by atoms with Crippen molar-refractivity contribution in [3.05, 3.63) is 34.9 Å². The van der Waals surface area contributed by atoms with E-state index in [0.29, 0.717) is 19.8 Å². The van der Waals surface area contributed by atoms with Gasteiger partial charge < -0.3 is 24.8 Å². The molecule has 1 atom stereocenters. The molecular weight excluding hydrogens is 507 g/mol. The topological polar surface area (TPSA) is 67.4 Å². The first-order valence-corrected chi connectivity index (χ1v) is 10.2. The minimum absolute atomic E-state index is 0. The molecule has 0 saturated carbocycles. The van der Waals surface area contributed by atoms with E-state index >= 15 is 0 Å². The second kappa shape index (κ2) is 16.1. The van der Waals surface area contributed by atoms with Gasteiger partial charge in [0.1, 0.15) is 0 Å². The lowest BCUT2D eigenvalue weighted by Gasteiger charge is -2.35. The molecule has 9 heteroatoms. The Morgan fingerprint density at radius 2 is 2.03 bits per heavy atom. The van der Waals surface area contributed by atoms with Gasteiger partial charge in [-0.05, 0) is 24.1 Å². The van der Waals surface area contributed by atoms with Gasteiger partial charge in [0.25, 0.3) is 0 Å². The van der Waals surface area contributed by atoms with Crippen molar-refractivity contribution in [2.24, 2.45) is 4.99 Å². The van der Waals surface area contributed by atoms with Crippen molar-refractivity contribution in [3.63, 3.8) is 0 Å². The molecule has 1 heterocycles. The molecule has 29 heavy (non-hydrogen) atoms. The van der Waals surface area contributed by atoms with Crippen LogP contribution in [0.4, 0.5) is 0 Å². The molecule has 0 aliphatic carbocycles. The van der Waals surface area contributed by atoms with Crippen molar-refractivity contribution >= 4 is 41.5 Å². The standard InChI is InChI=1S/C20H33ClN4O3.HI/c1-22-20(23-7-4-10-27-14-13-26-2)24-16-19(25-8-11-28-12-9-25)17-5-3-6-18(21)15-17;/h3,5-6,15,19H,4,7-14,16H2,1-2H3,(H2,22,23,24);1H. The molecule has 2 N–H and O–H groups in total. The number of aliphatic imine (C=N–C) groups is 1. The zero-order valence-electron chi connectivity index (χ0n) is 17.4. The number of nitrogens with one attached hydrogen (secondary N) is 2. The molecule has 0 bridgehead atoms. The van der Waals surface area contributed by atoms with Crippen LogP contribution in [0.1, 0.15) is 18.0 Å². The fraction of sp³-hybridized carbons (Fsp3) is 0.650. The zero-order valence-corrected chi connectivity index (χ0v) is 20.4. The molecule has 1 fully saturated rings. The van der Waals surface area contributed by atoms with Crippen LogP contribution in [-0.2, 0) is 14.2 Å². The summed E-state index contributed by atoms with van der Waals surface area (Å²) >= 11 is 6.23. The summed E-state index contributed by atoms with van der Waals surface area (Å²) < 4.78 is 16.0. The predicted molar refractivity (Wildman–Crippen MR) is 129 cm³/mol. The average Bonchev–Trinajstić information content (AvgIpc) is 2.72. The van der Waals surface area contributed by atoms with E-state index < -0.39 is 0 Å². The lowest BCUT2D eigenvalue weighted by Crippen LogP contribution is -2.46. The summed E-state index contributed by atoms with van der Waals surface area (Å²) in [7, 11) is 3.46. The first-order valence-electron chi connectivity index (χ1n) is 9.83. The number of halogens is 2. The molecule has 1 aromatic rings. The Morgan fingerprint density at radius 3 is 2.72 bits per heavy atom. The number of methoxy groups -OCH3 is 1. The largest absolute Gasteiger partial charge is 0.382 e. The Balaban J connectivity index is 0.00000420. The number of hydrogen-bond donors (Lipinski definition) is 2. The number of ether oxygens (including phenoxy) is 3. The number of guanidine groups is 1. The van der Waals surface area contributed by atoms with Gasteiger partial charge in [0.2, 0.25) is 0 Å². The van der Waals surface area contributed by atoms with Crippen LogP contribution in [0, 0.1) is 0 Å². The summed E-state index contributed by atoms with van der Waals surface area (Å²) in [5.74, 6) is 0.789. The van der Waals surface area contributed by atoms with Crippen molar-refractivity contribution < 1.29 is 14.2 Å². The van der Waals surface area contributed by atoms with E-state index in [1.54, 1.807) is 14.2 Å². The Hall–Kier alpha value is -0.650. The van der Waals surface area contributed by atoms with E-state index in [1.807, 2.05) is 18.2 Å². The molecule has 0 radical (unpaired) electrons. The fourth-order valence-corrected chi connectivity index (χ4v) is 3.30. The van der Waals surface area contributed by atoms with Crippen LogP contribution < -0.4 is 10.6 Å². The highest BCUT2D eigenvalue weighted by Gasteiger charge is 2.23. The second-order valence-electron chi connectivity index (χ2n) is 6.56. The molecule has 1 aliphatic heterocycles.